The molecule has 1 saturated heterocycles. The van der Waals surface area contributed by atoms with Gasteiger partial charge in [-0.05, 0) is 37.8 Å². The molecule has 24 heavy (non-hydrogen) atoms. The molecule has 2 fully saturated rings. The molecule has 4 rings (SSSR count). The van der Waals surface area contributed by atoms with Crippen LogP contribution in [0.3, 0.4) is 0 Å². The van der Waals surface area contributed by atoms with E-state index in [1.165, 1.54) is 25.7 Å². The largest absolute Gasteiger partial charge is 0.348 e. The number of carbonyl (C=O) groups is 1. The second-order valence-corrected chi connectivity index (χ2v) is 7.59. The lowest BCUT2D eigenvalue weighted by Gasteiger charge is -2.12. The van der Waals surface area contributed by atoms with Crippen molar-refractivity contribution in [3.63, 3.8) is 0 Å². The highest BCUT2D eigenvalue weighted by Gasteiger charge is 2.22. The first-order valence-corrected chi connectivity index (χ1v) is 9.79. The van der Waals surface area contributed by atoms with Crippen LogP contribution < -0.4 is 10.2 Å². The number of amides is 1. The van der Waals surface area contributed by atoms with Crippen molar-refractivity contribution in [3.8, 4) is 11.3 Å². The normalized spacial score (nSPS) is 18.2. The first-order chi connectivity index (χ1) is 11.8. The van der Waals surface area contributed by atoms with E-state index in [4.69, 9.17) is 4.98 Å². The highest BCUT2D eigenvalue weighted by molar-refractivity contribution is 7.14. The highest BCUT2D eigenvalue weighted by atomic mass is 32.1. The molecule has 2 aromatic rings. The minimum Gasteiger partial charge on any atom is -0.348 e. The van der Waals surface area contributed by atoms with Crippen molar-refractivity contribution in [2.45, 2.75) is 38.5 Å². The minimum absolute atomic E-state index is 0.172. The monoisotopic (exact) mass is 341 g/mol. The van der Waals surface area contributed by atoms with Gasteiger partial charge < -0.3 is 10.2 Å². The third kappa shape index (κ3) is 3.31. The van der Waals surface area contributed by atoms with Crippen LogP contribution >= 0.6 is 11.3 Å². The van der Waals surface area contributed by atoms with Crippen molar-refractivity contribution < 1.29 is 4.79 Å². The molecule has 2 aliphatic rings. The predicted molar refractivity (Wildman–Crippen MR) is 99.6 cm³/mol. The molecular weight excluding hydrogens is 318 g/mol. The van der Waals surface area contributed by atoms with Gasteiger partial charge in [0.15, 0.2) is 5.13 Å². The van der Waals surface area contributed by atoms with Crippen LogP contribution in [-0.4, -0.2) is 24.0 Å². The third-order valence-corrected chi connectivity index (χ3v) is 5.94. The summed E-state index contributed by atoms with van der Waals surface area (Å²) in [6.07, 6.45) is 6.96. The number of benzene rings is 1. The summed E-state index contributed by atoms with van der Waals surface area (Å²) in [6, 6.07) is 8.06. The van der Waals surface area contributed by atoms with Crippen LogP contribution in [0.2, 0.25) is 0 Å². The fourth-order valence-electron chi connectivity index (χ4n) is 3.61. The second kappa shape index (κ2) is 6.93. The number of hydrogen-bond donors (Lipinski definition) is 1. The molecule has 126 valence electrons. The summed E-state index contributed by atoms with van der Waals surface area (Å²) in [5, 5.41) is 6.30. The van der Waals surface area contributed by atoms with E-state index in [0.29, 0.717) is 0 Å². The van der Waals surface area contributed by atoms with Crippen molar-refractivity contribution in [1.29, 1.82) is 0 Å². The molecular formula is C19H23N3OS. The lowest BCUT2D eigenvalue weighted by atomic mass is 10.1. The molecule has 0 unspecified atom stereocenters. The third-order valence-electron chi connectivity index (χ3n) is 5.04. The Kier molecular flexibility index (Phi) is 4.52. The van der Waals surface area contributed by atoms with Gasteiger partial charge in [0.25, 0.3) is 0 Å². The molecule has 1 aliphatic carbocycles. The molecule has 5 heteroatoms. The van der Waals surface area contributed by atoms with Gasteiger partial charge in [-0.15, -0.1) is 11.3 Å². The first kappa shape index (κ1) is 15.6. The first-order valence-electron chi connectivity index (χ1n) is 8.91. The van der Waals surface area contributed by atoms with Crippen LogP contribution in [-0.2, 0) is 4.79 Å². The number of carbonyl (C=O) groups excluding carboxylic acids is 1. The van der Waals surface area contributed by atoms with Gasteiger partial charge in [-0.3, -0.25) is 4.79 Å². The average molecular weight is 341 g/mol. The Hall–Kier alpha value is -1.88. The maximum Gasteiger partial charge on any atom is 0.227 e. The molecule has 1 N–H and O–H groups in total. The Bertz CT molecular complexity index is 698. The number of nitrogens with zero attached hydrogens (tertiary/aromatic N) is 2. The maximum absolute atomic E-state index is 12.2. The van der Waals surface area contributed by atoms with Gasteiger partial charge >= 0.3 is 0 Å². The molecule has 1 amide bonds. The van der Waals surface area contributed by atoms with E-state index in [9.17, 15) is 4.79 Å². The van der Waals surface area contributed by atoms with Crippen molar-refractivity contribution in [2.75, 3.05) is 23.3 Å². The molecule has 0 spiro atoms. The average Bonchev–Trinajstić information content (AvgIpc) is 3.35. The molecule has 0 radical (unpaired) electrons. The van der Waals surface area contributed by atoms with E-state index in [1.54, 1.807) is 11.3 Å². The lowest BCUT2D eigenvalue weighted by Crippen LogP contribution is -2.20. The zero-order valence-electron chi connectivity index (χ0n) is 13.8. The van der Waals surface area contributed by atoms with E-state index >= 15 is 0 Å². The Morgan fingerprint density at radius 3 is 2.50 bits per heavy atom. The van der Waals surface area contributed by atoms with Crippen LogP contribution in [0.1, 0.15) is 38.5 Å². The SMILES string of the molecule is O=C(Nc1ccc(-c2csc(N3CCCC3)n2)cc1)C1CCCC1. The summed E-state index contributed by atoms with van der Waals surface area (Å²) in [4.78, 5) is 19.3. The van der Waals surface area contributed by atoms with Gasteiger partial charge in [-0.25, -0.2) is 4.98 Å². The van der Waals surface area contributed by atoms with Crippen LogP contribution in [0.4, 0.5) is 10.8 Å². The van der Waals surface area contributed by atoms with Gasteiger partial charge in [-0.2, -0.15) is 0 Å². The van der Waals surface area contributed by atoms with Crippen molar-refractivity contribution in [2.24, 2.45) is 5.92 Å². The molecule has 4 nitrogen and oxygen atoms in total. The highest BCUT2D eigenvalue weighted by Crippen LogP contribution is 2.30. The summed E-state index contributed by atoms with van der Waals surface area (Å²) in [7, 11) is 0. The molecule has 0 bridgehead atoms. The molecule has 1 aliphatic heterocycles. The summed E-state index contributed by atoms with van der Waals surface area (Å²) in [5.41, 5.74) is 3.01. The van der Waals surface area contributed by atoms with Crippen molar-refractivity contribution in [1.82, 2.24) is 4.98 Å². The number of aromatic nitrogens is 1. The Morgan fingerprint density at radius 1 is 1.08 bits per heavy atom. The van der Waals surface area contributed by atoms with Crippen molar-refractivity contribution in [3.05, 3.63) is 29.6 Å². The topological polar surface area (TPSA) is 45.2 Å². The van der Waals surface area contributed by atoms with Gasteiger partial charge in [0, 0.05) is 35.6 Å². The maximum atomic E-state index is 12.2. The number of thiazole rings is 1. The predicted octanol–water partition coefficient (Wildman–Crippen LogP) is 4.54. The Labute approximate surface area is 146 Å². The van der Waals surface area contributed by atoms with E-state index in [1.807, 2.05) is 24.3 Å². The molecule has 1 aromatic heterocycles. The van der Waals surface area contributed by atoms with E-state index in [0.717, 1.165) is 48.0 Å². The number of nitrogens with one attached hydrogen (secondary N) is 1. The molecule has 2 heterocycles. The molecule has 1 saturated carbocycles. The summed E-state index contributed by atoms with van der Waals surface area (Å²) < 4.78 is 0. The Balaban J connectivity index is 1.42. The standard InChI is InChI=1S/C19H23N3OS/c23-18(15-5-1-2-6-15)20-16-9-7-14(8-10-16)17-13-24-19(21-17)22-11-3-4-12-22/h7-10,13,15H,1-6,11-12H2,(H,20,23). The van der Waals surface area contributed by atoms with Crippen molar-refractivity contribution >= 4 is 28.1 Å². The van der Waals surface area contributed by atoms with Crippen LogP contribution in [0.5, 0.6) is 0 Å². The number of rotatable bonds is 4. The van der Waals surface area contributed by atoms with Gasteiger partial charge in [0.2, 0.25) is 5.91 Å². The zero-order valence-corrected chi connectivity index (χ0v) is 14.6. The lowest BCUT2D eigenvalue weighted by molar-refractivity contribution is -0.119. The number of anilines is 2. The second-order valence-electron chi connectivity index (χ2n) is 6.76. The number of hydrogen-bond acceptors (Lipinski definition) is 4. The summed E-state index contributed by atoms with van der Waals surface area (Å²) in [6.45, 7) is 2.25. The van der Waals surface area contributed by atoms with Crippen LogP contribution in [0, 0.1) is 5.92 Å². The zero-order chi connectivity index (χ0) is 16.4. The van der Waals surface area contributed by atoms with Crippen LogP contribution in [0.15, 0.2) is 29.6 Å². The van der Waals surface area contributed by atoms with E-state index in [2.05, 4.69) is 15.6 Å². The smallest absolute Gasteiger partial charge is 0.227 e. The van der Waals surface area contributed by atoms with Gasteiger partial charge in [-0.1, -0.05) is 25.0 Å². The minimum atomic E-state index is 0.172. The fraction of sp³-hybridized carbons (Fsp3) is 0.474. The fourth-order valence-corrected chi connectivity index (χ4v) is 4.50. The summed E-state index contributed by atoms with van der Waals surface area (Å²) >= 11 is 1.72. The Morgan fingerprint density at radius 2 is 1.79 bits per heavy atom. The summed E-state index contributed by atoms with van der Waals surface area (Å²) in [5.74, 6) is 0.372. The molecule has 0 atom stereocenters. The van der Waals surface area contributed by atoms with E-state index in [-0.39, 0.29) is 11.8 Å². The molecule has 1 aromatic carbocycles. The van der Waals surface area contributed by atoms with Gasteiger partial charge in [0.1, 0.15) is 0 Å². The van der Waals surface area contributed by atoms with E-state index < -0.39 is 0 Å². The van der Waals surface area contributed by atoms with Gasteiger partial charge in [0.05, 0.1) is 5.69 Å². The van der Waals surface area contributed by atoms with Crippen LogP contribution in [0.25, 0.3) is 11.3 Å². The quantitative estimate of drug-likeness (QED) is 0.888.